The number of aromatic nitrogens is 4. The molecule has 0 amide bonds. The van der Waals surface area contributed by atoms with Crippen molar-refractivity contribution in [2.75, 3.05) is 0 Å². The fourth-order valence-electron chi connectivity index (χ4n) is 2.66. The van der Waals surface area contributed by atoms with Crippen molar-refractivity contribution in [1.82, 2.24) is 19.7 Å². The van der Waals surface area contributed by atoms with Gasteiger partial charge in [-0.25, -0.2) is 22.6 Å². The molecule has 2 aromatic heterocycles. The topological polar surface area (TPSA) is 92.8 Å². The second-order valence-electron chi connectivity index (χ2n) is 5.68. The van der Waals surface area contributed by atoms with Gasteiger partial charge >= 0.3 is 12.1 Å². The summed E-state index contributed by atoms with van der Waals surface area (Å²) in [5.41, 5.74) is -3.29. The van der Waals surface area contributed by atoms with E-state index in [1.807, 2.05) is 0 Å². The molecule has 150 valence electrons. The maximum atomic E-state index is 13.9. The summed E-state index contributed by atoms with van der Waals surface area (Å²) in [4.78, 5) is 27.4. The Balaban J connectivity index is 2.12. The Bertz CT molecular complexity index is 1150. The summed E-state index contributed by atoms with van der Waals surface area (Å²) in [6.45, 7) is 1.36. The van der Waals surface area contributed by atoms with Crippen LogP contribution in [-0.2, 0) is 0 Å². The Hall–Kier alpha value is -3.25. The molecule has 0 radical (unpaired) electrons. The van der Waals surface area contributed by atoms with E-state index in [1.165, 1.54) is 6.92 Å². The Morgan fingerprint density at radius 2 is 1.86 bits per heavy atom. The van der Waals surface area contributed by atoms with E-state index in [0.29, 0.717) is 12.1 Å². The van der Waals surface area contributed by atoms with Gasteiger partial charge in [-0.1, -0.05) is 6.07 Å². The van der Waals surface area contributed by atoms with E-state index in [-0.39, 0.29) is 11.2 Å². The monoisotopic (exact) mass is 408 g/mol. The van der Waals surface area contributed by atoms with Crippen molar-refractivity contribution in [3.63, 3.8) is 0 Å². The van der Waals surface area contributed by atoms with E-state index < -0.39 is 52.7 Å². The molecule has 1 atom stereocenters. The SMILES string of the molecule is C[C@H](c1ccc(OC(F)(F)F)c(F)c1)n1nc(C(F)F)c2c(=O)[nH]c(=O)[nH]c21. The van der Waals surface area contributed by atoms with Crippen LogP contribution in [-0.4, -0.2) is 26.1 Å². The molecule has 28 heavy (non-hydrogen) atoms. The van der Waals surface area contributed by atoms with Gasteiger partial charge < -0.3 is 4.74 Å². The lowest BCUT2D eigenvalue weighted by Gasteiger charge is -2.15. The first-order chi connectivity index (χ1) is 13.0. The summed E-state index contributed by atoms with van der Waals surface area (Å²) in [5.74, 6) is -2.43. The van der Waals surface area contributed by atoms with E-state index in [4.69, 9.17) is 0 Å². The van der Waals surface area contributed by atoms with Crippen LogP contribution in [0.2, 0.25) is 0 Å². The van der Waals surface area contributed by atoms with Crippen LogP contribution in [0.1, 0.15) is 30.6 Å². The summed E-state index contributed by atoms with van der Waals surface area (Å²) in [6.07, 6.45) is -8.25. The third-order valence-corrected chi connectivity index (χ3v) is 3.86. The molecule has 0 saturated carbocycles. The van der Waals surface area contributed by atoms with Gasteiger partial charge in [0.15, 0.2) is 11.6 Å². The minimum atomic E-state index is -5.10. The van der Waals surface area contributed by atoms with Crippen LogP contribution in [0.5, 0.6) is 5.75 Å². The zero-order valence-electron chi connectivity index (χ0n) is 13.8. The van der Waals surface area contributed by atoms with Crippen LogP contribution in [0.15, 0.2) is 27.8 Å². The highest BCUT2D eigenvalue weighted by atomic mass is 19.4. The summed E-state index contributed by atoms with van der Waals surface area (Å²) < 4.78 is 81.5. The lowest BCUT2D eigenvalue weighted by molar-refractivity contribution is -0.275. The fourth-order valence-corrected chi connectivity index (χ4v) is 2.66. The summed E-state index contributed by atoms with van der Waals surface area (Å²) >= 11 is 0. The van der Waals surface area contributed by atoms with E-state index in [9.17, 15) is 35.9 Å². The van der Waals surface area contributed by atoms with Crippen molar-refractivity contribution in [1.29, 1.82) is 0 Å². The second kappa shape index (κ2) is 6.73. The first-order valence-electron chi connectivity index (χ1n) is 7.56. The van der Waals surface area contributed by atoms with Gasteiger partial charge in [0.2, 0.25) is 0 Å². The minimum absolute atomic E-state index is 0.0263. The molecule has 7 nitrogen and oxygen atoms in total. The van der Waals surface area contributed by atoms with Gasteiger partial charge in [0.25, 0.3) is 12.0 Å². The normalized spacial score (nSPS) is 13.3. The number of rotatable bonds is 4. The van der Waals surface area contributed by atoms with Crippen molar-refractivity contribution in [3.05, 3.63) is 56.1 Å². The van der Waals surface area contributed by atoms with Crippen LogP contribution in [0.25, 0.3) is 11.0 Å². The zero-order valence-corrected chi connectivity index (χ0v) is 13.8. The number of fused-ring (bicyclic) bond motifs is 1. The number of alkyl halides is 5. The summed E-state index contributed by atoms with van der Waals surface area (Å²) in [5, 5.41) is 3.06. The standard InChI is InChI=1S/C15H10F6N4O3/c1-5(6-2-3-8(7(16)4-6)28-15(19,20)21)25-12-9(10(24-25)11(17)18)13(26)23-14(27)22-12/h2-5,11H,1H3,(H2,22,23,26,27)/t5-/m1/s1. The van der Waals surface area contributed by atoms with Crippen molar-refractivity contribution < 1.29 is 31.1 Å². The minimum Gasteiger partial charge on any atom is -0.403 e. The highest BCUT2D eigenvalue weighted by Gasteiger charge is 2.32. The van der Waals surface area contributed by atoms with Crippen LogP contribution >= 0.6 is 0 Å². The maximum absolute atomic E-state index is 13.9. The molecule has 0 unspecified atom stereocenters. The quantitative estimate of drug-likeness (QED) is 0.650. The smallest absolute Gasteiger partial charge is 0.403 e. The molecular weight excluding hydrogens is 398 g/mol. The number of aromatic amines is 2. The molecule has 0 aliphatic carbocycles. The molecule has 0 bridgehead atoms. The number of halogens is 6. The first-order valence-corrected chi connectivity index (χ1v) is 7.56. The average Bonchev–Trinajstić information content (AvgIpc) is 2.94. The highest BCUT2D eigenvalue weighted by molar-refractivity contribution is 5.77. The van der Waals surface area contributed by atoms with Crippen LogP contribution in [0, 0.1) is 5.82 Å². The molecule has 0 fully saturated rings. The van der Waals surface area contributed by atoms with Gasteiger partial charge in [0, 0.05) is 0 Å². The van der Waals surface area contributed by atoms with Gasteiger partial charge in [-0.15, -0.1) is 13.2 Å². The molecule has 0 spiro atoms. The van der Waals surface area contributed by atoms with Gasteiger partial charge in [-0.2, -0.15) is 5.10 Å². The second-order valence-corrected chi connectivity index (χ2v) is 5.68. The van der Waals surface area contributed by atoms with Gasteiger partial charge in [-0.05, 0) is 24.6 Å². The summed E-state index contributed by atoms with van der Waals surface area (Å²) in [6, 6.07) is 1.45. The van der Waals surface area contributed by atoms with Crippen molar-refractivity contribution >= 4 is 11.0 Å². The molecule has 0 saturated heterocycles. The number of hydrogen-bond donors (Lipinski definition) is 2. The van der Waals surface area contributed by atoms with Crippen LogP contribution in [0.3, 0.4) is 0 Å². The van der Waals surface area contributed by atoms with Crippen LogP contribution < -0.4 is 16.0 Å². The van der Waals surface area contributed by atoms with Crippen molar-refractivity contribution in [2.45, 2.75) is 25.8 Å². The number of hydrogen-bond acceptors (Lipinski definition) is 4. The number of H-pyrrole nitrogens is 2. The molecule has 2 heterocycles. The maximum Gasteiger partial charge on any atom is 0.573 e. The molecule has 3 aromatic rings. The predicted molar refractivity (Wildman–Crippen MR) is 82.8 cm³/mol. The molecule has 1 aromatic carbocycles. The Morgan fingerprint density at radius 1 is 1.18 bits per heavy atom. The predicted octanol–water partition coefficient (Wildman–Crippen LogP) is 3.00. The molecule has 0 aliphatic heterocycles. The number of ether oxygens (including phenoxy) is 1. The number of nitrogens with one attached hydrogen (secondary N) is 2. The average molecular weight is 408 g/mol. The zero-order chi connectivity index (χ0) is 20.8. The van der Waals surface area contributed by atoms with E-state index in [2.05, 4.69) is 14.8 Å². The lowest BCUT2D eigenvalue weighted by atomic mass is 10.1. The van der Waals surface area contributed by atoms with Gasteiger partial charge in [0.05, 0.1) is 6.04 Å². The Kier molecular flexibility index (Phi) is 4.69. The van der Waals surface area contributed by atoms with Crippen molar-refractivity contribution in [2.24, 2.45) is 0 Å². The third kappa shape index (κ3) is 3.59. The fraction of sp³-hybridized carbons (Fsp3) is 0.267. The first kappa shape index (κ1) is 19.5. The number of benzene rings is 1. The molecule has 0 aliphatic rings. The van der Waals surface area contributed by atoms with Gasteiger partial charge in [0.1, 0.15) is 16.7 Å². The largest absolute Gasteiger partial charge is 0.573 e. The number of nitrogens with zero attached hydrogens (tertiary/aromatic N) is 2. The molecule has 3 rings (SSSR count). The van der Waals surface area contributed by atoms with E-state index >= 15 is 0 Å². The lowest BCUT2D eigenvalue weighted by Crippen LogP contribution is -2.23. The van der Waals surface area contributed by atoms with Gasteiger partial charge in [-0.3, -0.25) is 14.8 Å². The van der Waals surface area contributed by atoms with Crippen molar-refractivity contribution in [3.8, 4) is 5.75 Å². The van der Waals surface area contributed by atoms with E-state index in [0.717, 1.165) is 10.7 Å². The molecular formula is C15H10F6N4O3. The third-order valence-electron chi connectivity index (χ3n) is 3.86. The Morgan fingerprint density at radius 3 is 2.43 bits per heavy atom. The molecule has 13 heteroatoms. The summed E-state index contributed by atoms with van der Waals surface area (Å²) in [7, 11) is 0. The molecule has 2 N–H and O–H groups in total. The van der Waals surface area contributed by atoms with E-state index in [1.54, 1.807) is 4.98 Å². The Labute approximate surface area is 150 Å². The van der Waals surface area contributed by atoms with Crippen LogP contribution in [0.4, 0.5) is 26.3 Å². The highest BCUT2D eigenvalue weighted by Crippen LogP contribution is 2.31.